The van der Waals surface area contributed by atoms with E-state index in [4.69, 9.17) is 0 Å². The number of nitrogens with one attached hydrogen (secondary N) is 2. The van der Waals surface area contributed by atoms with Crippen molar-refractivity contribution in [1.82, 2.24) is 15.2 Å². The van der Waals surface area contributed by atoms with Crippen LogP contribution in [-0.4, -0.2) is 39.3 Å². The SMILES string of the molecule is Cc1ccc(C(=O)N2CCc3nc(NC(=O)NC(C)C)sc3C2)cc1[N+](=O)[O-]. The lowest BCUT2D eigenvalue weighted by molar-refractivity contribution is -0.385. The fraction of sp³-hybridized carbons (Fsp3) is 0.389. The Balaban J connectivity index is 1.73. The summed E-state index contributed by atoms with van der Waals surface area (Å²) in [6.07, 6.45) is 0.568. The zero-order valence-electron chi connectivity index (χ0n) is 15.8. The van der Waals surface area contributed by atoms with Crippen molar-refractivity contribution < 1.29 is 14.5 Å². The Morgan fingerprint density at radius 2 is 2.11 bits per heavy atom. The Hall–Kier alpha value is -3.01. The predicted octanol–water partition coefficient (Wildman–Crippen LogP) is 3.09. The first-order chi connectivity index (χ1) is 13.2. The van der Waals surface area contributed by atoms with Crippen molar-refractivity contribution in [2.45, 2.75) is 39.8 Å². The fourth-order valence-corrected chi connectivity index (χ4v) is 3.96. The average molecular weight is 403 g/mol. The molecular formula is C18H21N5O4S. The number of anilines is 1. The van der Waals surface area contributed by atoms with Crippen LogP contribution in [0.25, 0.3) is 0 Å². The van der Waals surface area contributed by atoms with Crippen molar-refractivity contribution >= 4 is 34.1 Å². The normalized spacial score (nSPS) is 13.2. The van der Waals surface area contributed by atoms with Crippen LogP contribution in [-0.2, 0) is 13.0 Å². The summed E-state index contributed by atoms with van der Waals surface area (Å²) in [7, 11) is 0. The number of carbonyl (C=O) groups excluding carboxylic acids is 2. The second kappa shape index (κ2) is 7.93. The van der Waals surface area contributed by atoms with Gasteiger partial charge in [0.1, 0.15) is 0 Å². The molecule has 0 bridgehead atoms. The van der Waals surface area contributed by atoms with Crippen LogP contribution in [0.1, 0.15) is 40.3 Å². The molecule has 2 N–H and O–H groups in total. The molecule has 3 rings (SSSR count). The van der Waals surface area contributed by atoms with E-state index in [0.717, 1.165) is 10.6 Å². The number of aryl methyl sites for hydroxylation is 1. The third-order valence-corrected chi connectivity index (χ3v) is 5.31. The van der Waals surface area contributed by atoms with Gasteiger partial charge in [-0.25, -0.2) is 9.78 Å². The van der Waals surface area contributed by atoms with E-state index in [1.165, 1.54) is 17.4 Å². The summed E-state index contributed by atoms with van der Waals surface area (Å²) in [5, 5.41) is 17.1. The summed E-state index contributed by atoms with van der Waals surface area (Å²) < 4.78 is 0. The molecule has 0 spiro atoms. The number of nitrogens with zero attached hydrogens (tertiary/aromatic N) is 3. The standard InChI is InChI=1S/C18H21N5O4S/c1-10(2)19-17(25)21-18-20-13-6-7-22(9-15(13)28-18)16(24)12-5-4-11(3)14(8-12)23(26)27/h4-5,8,10H,6-7,9H2,1-3H3,(H2,19,20,21,25). The van der Waals surface area contributed by atoms with Gasteiger partial charge >= 0.3 is 6.03 Å². The molecule has 1 aliphatic rings. The van der Waals surface area contributed by atoms with Gasteiger partial charge in [-0.05, 0) is 26.8 Å². The van der Waals surface area contributed by atoms with E-state index in [9.17, 15) is 19.7 Å². The number of benzene rings is 1. The maximum Gasteiger partial charge on any atom is 0.321 e. The minimum Gasteiger partial charge on any atom is -0.336 e. The largest absolute Gasteiger partial charge is 0.336 e. The highest BCUT2D eigenvalue weighted by molar-refractivity contribution is 7.15. The Bertz CT molecular complexity index is 940. The van der Waals surface area contributed by atoms with Crippen molar-refractivity contribution in [3.8, 4) is 0 Å². The van der Waals surface area contributed by atoms with Crippen LogP contribution in [0.3, 0.4) is 0 Å². The molecule has 0 atom stereocenters. The Kier molecular flexibility index (Phi) is 5.59. The summed E-state index contributed by atoms with van der Waals surface area (Å²) >= 11 is 1.33. The first kappa shape index (κ1) is 19.7. The van der Waals surface area contributed by atoms with Crippen molar-refractivity contribution in [3.63, 3.8) is 0 Å². The van der Waals surface area contributed by atoms with Crippen LogP contribution >= 0.6 is 11.3 Å². The summed E-state index contributed by atoms with van der Waals surface area (Å²) in [4.78, 5) is 42.3. The summed E-state index contributed by atoms with van der Waals surface area (Å²) in [6, 6.07) is 4.21. The number of fused-ring (bicyclic) bond motifs is 1. The molecule has 0 unspecified atom stereocenters. The topological polar surface area (TPSA) is 117 Å². The van der Waals surface area contributed by atoms with E-state index in [-0.39, 0.29) is 23.7 Å². The molecule has 3 amide bonds. The third kappa shape index (κ3) is 4.28. The molecule has 10 heteroatoms. The van der Waals surface area contributed by atoms with Gasteiger partial charge in [-0.3, -0.25) is 20.2 Å². The Labute approximate surface area is 165 Å². The van der Waals surface area contributed by atoms with Gasteiger partial charge in [-0.2, -0.15) is 0 Å². The lowest BCUT2D eigenvalue weighted by Crippen LogP contribution is -2.35. The average Bonchev–Trinajstić information content (AvgIpc) is 3.01. The van der Waals surface area contributed by atoms with Gasteiger partial charge in [-0.15, -0.1) is 0 Å². The van der Waals surface area contributed by atoms with E-state index >= 15 is 0 Å². The lowest BCUT2D eigenvalue weighted by Gasteiger charge is -2.26. The van der Waals surface area contributed by atoms with E-state index in [0.29, 0.717) is 35.8 Å². The smallest absolute Gasteiger partial charge is 0.321 e. The zero-order chi connectivity index (χ0) is 20.4. The second-order valence-corrected chi connectivity index (χ2v) is 7.96. The molecule has 0 fully saturated rings. The molecule has 1 aliphatic heterocycles. The van der Waals surface area contributed by atoms with Crippen molar-refractivity contribution in [2.24, 2.45) is 0 Å². The van der Waals surface area contributed by atoms with E-state index in [1.807, 2.05) is 13.8 Å². The van der Waals surface area contributed by atoms with Gasteiger partial charge < -0.3 is 10.2 Å². The Morgan fingerprint density at radius 1 is 1.36 bits per heavy atom. The highest BCUT2D eigenvalue weighted by atomic mass is 32.1. The monoisotopic (exact) mass is 403 g/mol. The highest BCUT2D eigenvalue weighted by Crippen LogP contribution is 2.29. The minimum atomic E-state index is -0.482. The highest BCUT2D eigenvalue weighted by Gasteiger charge is 2.26. The molecule has 28 heavy (non-hydrogen) atoms. The van der Waals surface area contributed by atoms with Gasteiger partial charge in [0.2, 0.25) is 0 Å². The molecule has 148 valence electrons. The number of thiazole rings is 1. The van der Waals surface area contributed by atoms with E-state index in [1.54, 1.807) is 24.0 Å². The quantitative estimate of drug-likeness (QED) is 0.601. The van der Waals surface area contributed by atoms with E-state index < -0.39 is 4.92 Å². The van der Waals surface area contributed by atoms with Crippen LogP contribution in [0.5, 0.6) is 0 Å². The van der Waals surface area contributed by atoms with Crippen molar-refractivity contribution in [1.29, 1.82) is 0 Å². The van der Waals surface area contributed by atoms with Crippen LogP contribution < -0.4 is 10.6 Å². The van der Waals surface area contributed by atoms with Crippen LogP contribution in [0.15, 0.2) is 18.2 Å². The van der Waals surface area contributed by atoms with Gasteiger partial charge in [0, 0.05) is 41.1 Å². The molecule has 0 aliphatic carbocycles. The van der Waals surface area contributed by atoms with Gasteiger partial charge in [-0.1, -0.05) is 17.4 Å². The number of urea groups is 1. The summed E-state index contributed by atoms with van der Waals surface area (Å²) in [6.45, 7) is 6.20. The molecule has 1 aromatic heterocycles. The number of hydrogen-bond acceptors (Lipinski definition) is 6. The molecular weight excluding hydrogens is 382 g/mol. The zero-order valence-corrected chi connectivity index (χ0v) is 16.6. The first-order valence-corrected chi connectivity index (χ1v) is 9.66. The van der Waals surface area contributed by atoms with Gasteiger partial charge in [0.15, 0.2) is 5.13 Å². The first-order valence-electron chi connectivity index (χ1n) is 8.85. The van der Waals surface area contributed by atoms with E-state index in [2.05, 4.69) is 15.6 Å². The molecule has 1 aromatic carbocycles. The second-order valence-electron chi connectivity index (χ2n) is 6.88. The number of aromatic nitrogens is 1. The minimum absolute atomic E-state index is 0.0151. The molecule has 2 heterocycles. The van der Waals surface area contributed by atoms with Gasteiger partial charge in [0.05, 0.1) is 17.2 Å². The maximum atomic E-state index is 12.8. The predicted molar refractivity (Wildman–Crippen MR) is 106 cm³/mol. The number of hydrogen-bond donors (Lipinski definition) is 2. The molecule has 0 saturated carbocycles. The van der Waals surface area contributed by atoms with Gasteiger partial charge in [0.25, 0.3) is 11.6 Å². The van der Waals surface area contributed by atoms with Crippen molar-refractivity contribution in [2.75, 3.05) is 11.9 Å². The summed E-state index contributed by atoms with van der Waals surface area (Å²) in [5.74, 6) is -0.255. The molecule has 9 nitrogen and oxygen atoms in total. The molecule has 0 radical (unpaired) electrons. The number of amides is 3. The fourth-order valence-electron chi connectivity index (χ4n) is 2.94. The van der Waals surface area contributed by atoms with Crippen LogP contribution in [0, 0.1) is 17.0 Å². The molecule has 2 aromatic rings. The third-order valence-electron chi connectivity index (χ3n) is 4.31. The Morgan fingerprint density at radius 3 is 2.79 bits per heavy atom. The van der Waals surface area contributed by atoms with Crippen LogP contribution in [0.4, 0.5) is 15.6 Å². The number of carbonyl (C=O) groups is 2. The molecule has 0 saturated heterocycles. The lowest BCUT2D eigenvalue weighted by atomic mass is 10.1. The summed E-state index contributed by atoms with van der Waals surface area (Å²) in [5.41, 5.74) is 1.60. The number of rotatable bonds is 4. The number of nitro benzene ring substituents is 1. The number of nitro groups is 1. The van der Waals surface area contributed by atoms with Crippen molar-refractivity contribution in [3.05, 3.63) is 50.0 Å². The van der Waals surface area contributed by atoms with Crippen LogP contribution in [0.2, 0.25) is 0 Å². The maximum absolute atomic E-state index is 12.8.